The Bertz CT molecular complexity index is 602. The second-order valence-electron chi connectivity index (χ2n) is 2.70. The monoisotopic (exact) mass is 662 g/mol. The van der Waals surface area contributed by atoms with Crippen LogP contribution < -0.4 is 18.9 Å². The fourth-order valence-corrected chi connectivity index (χ4v) is 0. The Balaban J connectivity index is -0.0000000817. The van der Waals surface area contributed by atoms with E-state index in [1.54, 1.807) is 0 Å². The molecule has 152 valence electrons. The van der Waals surface area contributed by atoms with Crippen molar-refractivity contribution < 1.29 is 97.3 Å². The quantitative estimate of drug-likeness (QED) is 0.112. The van der Waals surface area contributed by atoms with Gasteiger partial charge in [0.1, 0.15) is 0 Å². The second-order valence-corrected chi connectivity index (χ2v) is 6.81. The third-order valence-electron chi connectivity index (χ3n) is 0.850. The van der Waals surface area contributed by atoms with E-state index in [1.807, 2.05) is 0 Å². The van der Waals surface area contributed by atoms with Crippen LogP contribution in [0.4, 0.5) is 39.5 Å². The predicted octanol–water partition coefficient (Wildman–Crippen LogP) is -3.22. The Morgan fingerprint density at radius 1 is 0.462 bits per heavy atom. The molecule has 0 unspecified atom stereocenters. The average Bonchev–Trinajstić information content (AvgIpc) is 2.08. The molecule has 0 N–H and O–H groups in total. The van der Waals surface area contributed by atoms with Crippen LogP contribution in [0.2, 0.25) is 0 Å². The van der Waals surface area contributed by atoms with Crippen molar-refractivity contribution in [2.24, 2.45) is 0 Å². The van der Waals surface area contributed by atoms with Gasteiger partial charge in [0.2, 0.25) is 0 Å². The number of rotatable bonds is 0. The molecule has 2 radical (unpaired) electrons. The van der Waals surface area contributed by atoms with Gasteiger partial charge in [-0.1, -0.05) is 0 Å². The van der Waals surface area contributed by atoms with Crippen LogP contribution in [0.15, 0.2) is 0 Å². The fourth-order valence-electron chi connectivity index (χ4n) is 0. The van der Waals surface area contributed by atoms with Crippen LogP contribution in [-0.2, 0) is 30.4 Å². The molecule has 0 heterocycles. The molecule has 0 bridgehead atoms. The summed E-state index contributed by atoms with van der Waals surface area (Å²) in [6.45, 7) is 0. The van der Waals surface area contributed by atoms with Crippen molar-refractivity contribution >= 4 is 57.7 Å². The van der Waals surface area contributed by atoms with Gasteiger partial charge in [-0.3, -0.25) is 0 Å². The van der Waals surface area contributed by atoms with Gasteiger partial charge >= 0.3 is 62.7 Å². The van der Waals surface area contributed by atoms with Gasteiger partial charge in [0.15, 0.2) is 30.4 Å². The minimum atomic E-state index is -6.09. The Kier molecular flexibility index (Phi) is 16.6. The summed E-state index contributed by atoms with van der Waals surface area (Å²) in [4.78, 5) is 0. The molecule has 23 heteroatoms. The van der Waals surface area contributed by atoms with Crippen LogP contribution in [0, 0.1) is 0 Å². The first-order chi connectivity index (χ1) is 9.75. The first-order valence-corrected chi connectivity index (χ1v) is 8.04. The van der Waals surface area contributed by atoms with E-state index in [-0.39, 0.29) is 46.2 Å². The van der Waals surface area contributed by atoms with Crippen LogP contribution in [0.1, 0.15) is 0 Å². The molecule has 0 atom stereocenters. The number of hydrogen-bond donors (Lipinski definition) is 0. The van der Waals surface area contributed by atoms with Crippen LogP contribution in [-0.4, -0.2) is 82.7 Å². The Labute approximate surface area is 170 Å². The summed E-state index contributed by atoms with van der Waals surface area (Å²) in [5.41, 5.74) is -16.9. The largest absolute Gasteiger partial charge is 2.00 e. The van der Waals surface area contributed by atoms with E-state index in [1.165, 1.54) is 0 Å². The fraction of sp³-hybridized carbons (Fsp3) is 1.00. The molecule has 0 aromatic rings. The van der Waals surface area contributed by atoms with Crippen molar-refractivity contribution in [3.63, 3.8) is 0 Å². The van der Waals surface area contributed by atoms with E-state index in [0.29, 0.717) is 0 Å². The van der Waals surface area contributed by atoms with Crippen LogP contribution in [0.25, 0.3) is 0 Å². The van der Waals surface area contributed by atoms with Gasteiger partial charge < -0.3 is 13.7 Å². The van der Waals surface area contributed by atoms with E-state index in [9.17, 15) is 39.5 Å². The maximum Gasteiger partial charge on any atom is 2.00 e. The summed E-state index contributed by atoms with van der Waals surface area (Å²) in [5, 5.41) is 0. The Hall–Kier alpha value is 0.619. The van der Waals surface area contributed by atoms with Crippen LogP contribution in [0.5, 0.6) is 0 Å². The molecule has 0 aliphatic heterocycles. The van der Waals surface area contributed by atoms with Gasteiger partial charge in [0, 0.05) is 0 Å². The maximum absolute atomic E-state index is 10.7. The molecule has 0 amide bonds. The van der Waals surface area contributed by atoms with Crippen LogP contribution >= 0.6 is 0 Å². The van der Waals surface area contributed by atoms with Crippen molar-refractivity contribution in [3.05, 3.63) is 0 Å². The smallest absolute Gasteiger partial charge is 0.741 e. The predicted molar refractivity (Wildman–Crippen MR) is 53.0 cm³/mol. The zero-order valence-corrected chi connectivity index (χ0v) is 17.6. The first-order valence-electron chi connectivity index (χ1n) is 3.81. The molecular formula is C3F9LiO9PbS3. The summed E-state index contributed by atoms with van der Waals surface area (Å²) in [6, 6.07) is 0. The van der Waals surface area contributed by atoms with Crippen molar-refractivity contribution in [1.82, 2.24) is 0 Å². The minimum Gasteiger partial charge on any atom is -0.741 e. The zero-order valence-electron chi connectivity index (χ0n) is 11.3. The Morgan fingerprint density at radius 2 is 0.500 bits per heavy atom. The second kappa shape index (κ2) is 11.6. The van der Waals surface area contributed by atoms with E-state index < -0.39 is 46.9 Å². The maximum atomic E-state index is 10.7. The summed E-state index contributed by atoms with van der Waals surface area (Å²) in [7, 11) is -18.3. The average molecular weight is 661 g/mol. The molecule has 0 fully saturated rings. The van der Waals surface area contributed by atoms with Crippen molar-refractivity contribution in [2.45, 2.75) is 16.5 Å². The van der Waals surface area contributed by atoms with Gasteiger partial charge in [-0.2, -0.15) is 39.5 Å². The standard InChI is InChI=1S/3CHF3O3S.Li.Pb/c3*2-1(3,4)8(5,6)7;;/h3*(H,5,6,7);;/q;;;+1;+2/p-3. The molecule has 0 aliphatic rings. The molecule has 0 saturated carbocycles. The van der Waals surface area contributed by atoms with E-state index in [0.717, 1.165) is 0 Å². The van der Waals surface area contributed by atoms with Gasteiger partial charge in [0.25, 0.3) is 0 Å². The molecule has 0 aliphatic carbocycles. The number of halogens is 9. The molecule has 0 rings (SSSR count). The molecule has 0 aromatic carbocycles. The molecule has 0 aromatic heterocycles. The zero-order chi connectivity index (χ0) is 21.0. The van der Waals surface area contributed by atoms with Crippen molar-refractivity contribution in [1.29, 1.82) is 0 Å². The molecular weight excluding hydrogens is 661 g/mol. The normalized spacial score (nSPS) is 12.9. The summed E-state index contributed by atoms with van der Waals surface area (Å²) >= 11 is 0. The van der Waals surface area contributed by atoms with Crippen molar-refractivity contribution in [2.75, 3.05) is 0 Å². The molecule has 0 spiro atoms. The number of alkyl halides is 9. The Morgan fingerprint density at radius 3 is 0.500 bits per heavy atom. The number of hydrogen-bond acceptors (Lipinski definition) is 9. The van der Waals surface area contributed by atoms with Gasteiger partial charge in [-0.05, 0) is 0 Å². The van der Waals surface area contributed by atoms with Gasteiger partial charge in [-0.15, -0.1) is 0 Å². The third-order valence-corrected chi connectivity index (χ3v) is 2.55. The third kappa shape index (κ3) is 18.0. The first kappa shape index (κ1) is 37.4. The van der Waals surface area contributed by atoms with E-state index in [4.69, 9.17) is 38.9 Å². The molecule has 26 heavy (non-hydrogen) atoms. The SMILES string of the molecule is O=S(=O)([O-])C(F)(F)F.O=S(=O)([O-])C(F)(F)F.O=S(=O)([O-])C(F)(F)F.[Li+].[Pb+2]. The summed E-state index contributed by atoms with van der Waals surface area (Å²) in [5.74, 6) is 0. The molecule has 9 nitrogen and oxygen atoms in total. The van der Waals surface area contributed by atoms with Crippen molar-refractivity contribution in [3.8, 4) is 0 Å². The topological polar surface area (TPSA) is 172 Å². The summed E-state index contributed by atoms with van der Waals surface area (Å²) < 4.78 is 177. The van der Waals surface area contributed by atoms with E-state index in [2.05, 4.69) is 0 Å². The van der Waals surface area contributed by atoms with Crippen LogP contribution in [0.3, 0.4) is 0 Å². The van der Waals surface area contributed by atoms with Gasteiger partial charge in [0.05, 0.1) is 0 Å². The van der Waals surface area contributed by atoms with E-state index >= 15 is 0 Å². The van der Waals surface area contributed by atoms with Gasteiger partial charge in [-0.25, -0.2) is 25.3 Å². The molecule has 0 saturated heterocycles. The summed E-state index contributed by atoms with van der Waals surface area (Å²) in [6.07, 6.45) is 0. The minimum absolute atomic E-state index is 0.